The molecule has 0 aliphatic heterocycles. The van der Waals surface area contributed by atoms with Gasteiger partial charge in [0.15, 0.2) is 0 Å². The van der Waals surface area contributed by atoms with Gasteiger partial charge in [0.1, 0.15) is 12.4 Å². The Labute approximate surface area is 120 Å². The molecule has 0 fully saturated rings. The molecule has 2 aromatic rings. The molecule has 2 rings (SSSR count). The fraction of sp³-hybridized carbons (Fsp3) is 0.222. The number of ether oxygens (including phenoxy) is 1. The highest BCUT2D eigenvalue weighted by Crippen LogP contribution is 2.33. The smallest absolute Gasteiger partial charge is 0.148 e. The molecule has 0 aromatic heterocycles. The zero-order valence-corrected chi connectivity index (χ0v) is 11.8. The van der Waals surface area contributed by atoms with Crippen molar-refractivity contribution in [2.45, 2.75) is 20.5 Å². The predicted molar refractivity (Wildman–Crippen MR) is 81.6 cm³/mol. The first kappa shape index (κ1) is 14.2. The van der Waals surface area contributed by atoms with Crippen LogP contribution in [0.1, 0.15) is 16.7 Å². The molecule has 0 saturated heterocycles. The second kappa shape index (κ2) is 6.27. The highest BCUT2D eigenvalue weighted by atomic mass is 16.5. The zero-order chi connectivity index (χ0) is 14.5. The summed E-state index contributed by atoms with van der Waals surface area (Å²) in [6.07, 6.45) is 5.23. The first-order chi connectivity index (χ1) is 9.69. The molecule has 102 valence electrons. The summed E-state index contributed by atoms with van der Waals surface area (Å²) < 4.78 is 5.56. The van der Waals surface area contributed by atoms with Gasteiger partial charge in [-0.3, -0.25) is 0 Å². The topological polar surface area (TPSA) is 29.5 Å². The third-order valence-electron chi connectivity index (χ3n) is 3.50. The van der Waals surface area contributed by atoms with Crippen LogP contribution in [0.25, 0.3) is 11.1 Å². The van der Waals surface area contributed by atoms with Crippen LogP contribution in [-0.4, -0.2) is 11.7 Å². The first-order valence-electron chi connectivity index (χ1n) is 6.54. The summed E-state index contributed by atoms with van der Waals surface area (Å²) in [5.74, 6) is 3.28. The molecule has 0 radical (unpaired) electrons. The van der Waals surface area contributed by atoms with Crippen LogP contribution in [0.15, 0.2) is 36.4 Å². The highest BCUT2D eigenvalue weighted by molar-refractivity contribution is 5.73. The lowest BCUT2D eigenvalue weighted by Gasteiger charge is -2.15. The standard InChI is InChI=1S/C18H18O2/c1-4-11-20-18-10-6-9-17(14(18)3)16-8-5-7-15(12-19)13(16)2/h1,5-10,19H,11-12H2,2-3H3. The van der Waals surface area contributed by atoms with E-state index in [0.29, 0.717) is 0 Å². The summed E-state index contributed by atoms with van der Waals surface area (Å²) >= 11 is 0. The SMILES string of the molecule is C#CCOc1cccc(-c2cccc(CO)c2C)c1C. The summed E-state index contributed by atoms with van der Waals surface area (Å²) in [7, 11) is 0. The van der Waals surface area contributed by atoms with Gasteiger partial charge in [-0.25, -0.2) is 0 Å². The van der Waals surface area contributed by atoms with Gasteiger partial charge in [-0.1, -0.05) is 36.3 Å². The van der Waals surface area contributed by atoms with Crippen molar-refractivity contribution in [2.24, 2.45) is 0 Å². The maximum Gasteiger partial charge on any atom is 0.148 e. The van der Waals surface area contributed by atoms with Crippen LogP contribution >= 0.6 is 0 Å². The van der Waals surface area contributed by atoms with Crippen molar-refractivity contribution in [3.63, 3.8) is 0 Å². The van der Waals surface area contributed by atoms with E-state index >= 15 is 0 Å². The van der Waals surface area contributed by atoms with Crippen molar-refractivity contribution in [3.8, 4) is 29.2 Å². The summed E-state index contributed by atoms with van der Waals surface area (Å²) in [5.41, 5.74) is 5.30. The Morgan fingerprint density at radius 3 is 2.35 bits per heavy atom. The Morgan fingerprint density at radius 1 is 1.05 bits per heavy atom. The van der Waals surface area contributed by atoms with Crippen molar-refractivity contribution in [3.05, 3.63) is 53.1 Å². The Balaban J connectivity index is 2.51. The van der Waals surface area contributed by atoms with Crippen LogP contribution in [0.5, 0.6) is 5.75 Å². The van der Waals surface area contributed by atoms with Crippen molar-refractivity contribution in [1.29, 1.82) is 0 Å². The minimum absolute atomic E-state index is 0.0476. The first-order valence-corrected chi connectivity index (χ1v) is 6.54. The van der Waals surface area contributed by atoms with Gasteiger partial charge in [0.2, 0.25) is 0 Å². The highest BCUT2D eigenvalue weighted by Gasteiger charge is 2.10. The van der Waals surface area contributed by atoms with Crippen molar-refractivity contribution < 1.29 is 9.84 Å². The zero-order valence-electron chi connectivity index (χ0n) is 11.8. The molecule has 0 aliphatic rings. The Hall–Kier alpha value is -2.24. The van der Waals surface area contributed by atoms with Crippen LogP contribution < -0.4 is 4.74 Å². The number of hydrogen-bond acceptors (Lipinski definition) is 2. The number of aliphatic hydroxyl groups is 1. The van der Waals surface area contributed by atoms with Crippen molar-refractivity contribution in [1.82, 2.24) is 0 Å². The monoisotopic (exact) mass is 266 g/mol. The molecule has 2 aromatic carbocycles. The van der Waals surface area contributed by atoms with Crippen LogP contribution in [0.2, 0.25) is 0 Å². The van der Waals surface area contributed by atoms with Gasteiger partial charge in [0.05, 0.1) is 6.61 Å². The molecule has 0 bridgehead atoms. The maximum atomic E-state index is 9.38. The molecular formula is C18H18O2. The summed E-state index contributed by atoms with van der Waals surface area (Å²) in [4.78, 5) is 0. The van der Waals surface area contributed by atoms with Gasteiger partial charge in [-0.2, -0.15) is 0 Å². The van der Waals surface area contributed by atoms with E-state index in [4.69, 9.17) is 11.2 Å². The number of hydrogen-bond donors (Lipinski definition) is 1. The van der Waals surface area contributed by atoms with Crippen molar-refractivity contribution >= 4 is 0 Å². The van der Waals surface area contributed by atoms with Gasteiger partial charge >= 0.3 is 0 Å². The molecule has 2 heteroatoms. The molecule has 0 spiro atoms. The molecule has 0 atom stereocenters. The van der Waals surface area contributed by atoms with E-state index < -0.39 is 0 Å². The number of benzene rings is 2. The van der Waals surface area contributed by atoms with Gasteiger partial charge in [-0.15, -0.1) is 6.42 Å². The van der Waals surface area contributed by atoms with E-state index in [2.05, 4.69) is 18.1 Å². The fourth-order valence-corrected chi connectivity index (χ4v) is 2.33. The predicted octanol–water partition coefficient (Wildman–Crippen LogP) is 3.47. The number of aliphatic hydroxyl groups excluding tert-OH is 1. The number of rotatable bonds is 4. The second-order valence-electron chi connectivity index (χ2n) is 4.67. The van der Waals surface area contributed by atoms with E-state index in [1.165, 1.54) is 0 Å². The van der Waals surface area contributed by atoms with Crippen LogP contribution in [0.3, 0.4) is 0 Å². The fourth-order valence-electron chi connectivity index (χ4n) is 2.33. The van der Waals surface area contributed by atoms with E-state index in [9.17, 15) is 5.11 Å². The molecule has 0 saturated carbocycles. The van der Waals surface area contributed by atoms with Crippen LogP contribution in [-0.2, 0) is 6.61 Å². The molecule has 0 amide bonds. The lowest BCUT2D eigenvalue weighted by Crippen LogP contribution is -1.98. The lowest BCUT2D eigenvalue weighted by atomic mass is 9.93. The van der Waals surface area contributed by atoms with Gasteiger partial charge < -0.3 is 9.84 Å². The van der Waals surface area contributed by atoms with Crippen LogP contribution in [0, 0.1) is 26.2 Å². The second-order valence-corrected chi connectivity index (χ2v) is 4.67. The molecule has 0 aliphatic carbocycles. The molecule has 0 unspecified atom stereocenters. The Bertz CT molecular complexity index is 651. The van der Waals surface area contributed by atoms with Gasteiger partial charge in [0.25, 0.3) is 0 Å². The van der Waals surface area contributed by atoms with E-state index in [-0.39, 0.29) is 13.2 Å². The summed E-state index contributed by atoms with van der Waals surface area (Å²) in [6, 6.07) is 11.9. The molecule has 20 heavy (non-hydrogen) atoms. The van der Waals surface area contributed by atoms with Gasteiger partial charge in [-0.05, 0) is 47.7 Å². The average molecular weight is 266 g/mol. The molecular weight excluding hydrogens is 248 g/mol. The minimum Gasteiger partial charge on any atom is -0.481 e. The summed E-state index contributed by atoms with van der Waals surface area (Å²) in [6.45, 7) is 4.35. The largest absolute Gasteiger partial charge is 0.481 e. The van der Waals surface area contributed by atoms with E-state index in [0.717, 1.165) is 33.6 Å². The summed E-state index contributed by atoms with van der Waals surface area (Å²) in [5, 5.41) is 9.38. The third-order valence-corrected chi connectivity index (χ3v) is 3.50. The van der Waals surface area contributed by atoms with Crippen molar-refractivity contribution in [2.75, 3.05) is 6.61 Å². The van der Waals surface area contributed by atoms with E-state index in [1.54, 1.807) is 0 Å². The normalized spacial score (nSPS) is 10.1. The van der Waals surface area contributed by atoms with Crippen LogP contribution in [0.4, 0.5) is 0 Å². The maximum absolute atomic E-state index is 9.38. The molecule has 1 N–H and O–H groups in total. The Morgan fingerprint density at radius 2 is 1.70 bits per heavy atom. The van der Waals surface area contributed by atoms with Gasteiger partial charge in [0, 0.05) is 0 Å². The number of terminal acetylenes is 1. The average Bonchev–Trinajstić information content (AvgIpc) is 2.47. The minimum atomic E-state index is 0.0476. The quantitative estimate of drug-likeness (QED) is 0.859. The third kappa shape index (κ3) is 2.68. The Kier molecular flexibility index (Phi) is 4.45. The molecule has 2 nitrogen and oxygen atoms in total. The van der Waals surface area contributed by atoms with E-state index in [1.807, 2.05) is 38.1 Å². The molecule has 0 heterocycles. The lowest BCUT2D eigenvalue weighted by molar-refractivity contribution is 0.281.